The van der Waals surface area contributed by atoms with Crippen LogP contribution in [0.2, 0.25) is 5.02 Å². The van der Waals surface area contributed by atoms with Crippen LogP contribution in [-0.2, 0) is 11.2 Å². The molecule has 2 aromatic carbocycles. The minimum atomic E-state index is -0.213. The summed E-state index contributed by atoms with van der Waals surface area (Å²) < 4.78 is 17.5. The van der Waals surface area contributed by atoms with Crippen LogP contribution in [-0.4, -0.2) is 61.1 Å². The molecule has 1 aliphatic heterocycles. The summed E-state index contributed by atoms with van der Waals surface area (Å²) in [4.78, 5) is 20.3. The van der Waals surface area contributed by atoms with Crippen molar-refractivity contribution in [2.75, 3.05) is 44.8 Å². The van der Waals surface area contributed by atoms with E-state index in [0.29, 0.717) is 22.6 Å². The van der Waals surface area contributed by atoms with Crippen molar-refractivity contribution in [1.82, 2.24) is 9.88 Å². The van der Waals surface area contributed by atoms with Gasteiger partial charge in [0.25, 0.3) is 0 Å². The SMILES string of the molecule is C=C(C)CN1CCN(c2cccc(C)n2)CC1(C)C.CCCOC.CCc1ccc(Cl)cc1F.[CH2-]C(=O)c1ccc(C)c(C)c1.[U]. The summed E-state index contributed by atoms with van der Waals surface area (Å²) >= 11 is 5.53. The number of aromatic nitrogens is 1. The van der Waals surface area contributed by atoms with Crippen molar-refractivity contribution in [1.29, 1.82) is 0 Å². The maximum atomic E-state index is 12.8. The molecule has 4 rings (SSSR count). The minimum absolute atomic E-state index is 0. The molecule has 0 unspecified atom stereocenters. The van der Waals surface area contributed by atoms with Crippen molar-refractivity contribution >= 4 is 23.2 Å². The van der Waals surface area contributed by atoms with E-state index in [4.69, 9.17) is 16.3 Å². The van der Waals surface area contributed by atoms with Gasteiger partial charge in [-0.3, -0.25) is 4.90 Å². The Morgan fingerprint density at radius 3 is 2.20 bits per heavy atom. The van der Waals surface area contributed by atoms with E-state index < -0.39 is 0 Å². The second-order valence-electron chi connectivity index (χ2n) is 12.1. The summed E-state index contributed by atoms with van der Waals surface area (Å²) in [6.07, 6.45) is 1.83. The molecule has 1 fully saturated rings. The largest absolute Gasteiger partial charge is 0.385 e. The molecule has 2 heterocycles. The van der Waals surface area contributed by atoms with E-state index in [9.17, 15) is 9.18 Å². The Labute approximate surface area is 307 Å². The zero-order valence-electron chi connectivity index (χ0n) is 29.5. The Morgan fingerprint density at radius 2 is 1.74 bits per heavy atom. The van der Waals surface area contributed by atoms with E-state index in [1.54, 1.807) is 25.3 Å². The topological polar surface area (TPSA) is 45.7 Å². The van der Waals surface area contributed by atoms with Crippen LogP contribution in [0.4, 0.5) is 10.2 Å². The Bertz CT molecular complexity index is 1360. The molecule has 0 spiro atoms. The van der Waals surface area contributed by atoms with E-state index in [1.807, 2.05) is 45.9 Å². The van der Waals surface area contributed by atoms with Crippen LogP contribution in [0.15, 0.2) is 66.7 Å². The van der Waals surface area contributed by atoms with Gasteiger partial charge in [-0.1, -0.05) is 66.9 Å². The second kappa shape index (κ2) is 22.4. The number of carbonyl (C=O) groups is 1. The molecule has 1 aromatic heterocycles. The number of hydrogen-bond acceptors (Lipinski definition) is 5. The van der Waals surface area contributed by atoms with Gasteiger partial charge in [-0.15, -0.1) is 17.7 Å². The van der Waals surface area contributed by atoms with E-state index in [1.165, 1.54) is 17.2 Å². The fourth-order valence-electron chi connectivity index (χ4n) is 4.64. The third-order valence-electron chi connectivity index (χ3n) is 7.37. The normalized spacial score (nSPS) is 13.4. The molecule has 0 saturated carbocycles. The zero-order chi connectivity index (χ0) is 34.2. The Kier molecular flexibility index (Phi) is 21.4. The first kappa shape index (κ1) is 43.9. The van der Waals surface area contributed by atoms with E-state index in [-0.39, 0.29) is 48.3 Å². The predicted molar refractivity (Wildman–Crippen MR) is 190 cm³/mol. The number of aryl methyl sites for hydroxylation is 4. The van der Waals surface area contributed by atoms with Crippen LogP contribution in [0.25, 0.3) is 0 Å². The fraction of sp³-hybridized carbons (Fsp3) is 0.447. The molecule has 0 atom stereocenters. The monoisotopic (exact) mass is 876 g/mol. The van der Waals surface area contributed by atoms with Gasteiger partial charge in [0.2, 0.25) is 0 Å². The summed E-state index contributed by atoms with van der Waals surface area (Å²) in [6, 6.07) is 16.6. The number of Topliss-reactive ketones (excluding diaryl/α,β-unsaturated/α-hetero) is 1. The van der Waals surface area contributed by atoms with E-state index in [2.05, 4.69) is 68.1 Å². The Hall–Kier alpha value is -2.14. The van der Waals surface area contributed by atoms with Gasteiger partial charge >= 0.3 is 0 Å². The van der Waals surface area contributed by atoms with E-state index in [0.717, 1.165) is 56.3 Å². The van der Waals surface area contributed by atoms with Gasteiger partial charge in [0.05, 0.1) is 0 Å². The van der Waals surface area contributed by atoms with Crippen molar-refractivity contribution in [3.8, 4) is 0 Å². The van der Waals surface area contributed by atoms with Crippen LogP contribution < -0.4 is 4.90 Å². The standard InChI is InChI=1S/C16H25N3.C10H11O.C8H8ClF.C4H10O.U/c1-13(2)11-19-10-9-18(12-16(19,4)5)15-8-6-7-14(3)17-15;1-7-4-5-10(9(3)11)6-8(7)2;1-2-6-3-4-7(9)5-8(6)10;1-3-4-5-2;/h6-8H,1,9-12H2,2-5H3;4-6H,3H2,1-2H3;3-5H,2H2,1H3;3-4H2,1-2H3;/q;-1;;;. The second-order valence-corrected chi connectivity index (χ2v) is 12.5. The number of ketones is 1. The first-order valence-electron chi connectivity index (χ1n) is 15.6. The number of benzene rings is 2. The number of carbonyl (C=O) groups excluding carboxylic acids is 1. The summed E-state index contributed by atoms with van der Waals surface area (Å²) in [5.74, 6) is 0.770. The maximum absolute atomic E-state index is 12.8. The maximum Gasteiger partial charge on any atom is 0.128 e. The average Bonchev–Trinajstić information content (AvgIpc) is 2.97. The molecule has 0 radical (unpaired) electrons. The molecule has 1 aliphatic rings. The number of piperazine rings is 1. The van der Waals surface area contributed by atoms with Gasteiger partial charge < -0.3 is 14.4 Å². The van der Waals surface area contributed by atoms with Gasteiger partial charge in [-0.05, 0) is 84.2 Å². The van der Waals surface area contributed by atoms with Crippen LogP contribution in [0, 0.1) is 64.6 Å². The smallest absolute Gasteiger partial charge is 0.128 e. The number of rotatable bonds is 7. The molecule has 3 aromatic rings. The van der Waals surface area contributed by atoms with Crippen molar-refractivity contribution < 1.29 is 45.0 Å². The summed E-state index contributed by atoms with van der Waals surface area (Å²) in [6.45, 7) is 29.1. The third kappa shape index (κ3) is 16.1. The Balaban J connectivity index is 0.000000644. The van der Waals surface area contributed by atoms with Crippen LogP contribution in [0.5, 0.6) is 0 Å². The molecular formula is C38H54ClFN3O2U-. The zero-order valence-corrected chi connectivity index (χ0v) is 34.4. The van der Waals surface area contributed by atoms with Gasteiger partial charge in [0.1, 0.15) is 11.6 Å². The van der Waals surface area contributed by atoms with Crippen molar-refractivity contribution in [2.24, 2.45) is 0 Å². The molecule has 0 bridgehead atoms. The van der Waals surface area contributed by atoms with Crippen LogP contribution in [0.1, 0.15) is 73.8 Å². The molecule has 0 aliphatic carbocycles. The number of halogens is 2. The molecule has 0 amide bonds. The van der Waals surface area contributed by atoms with Crippen LogP contribution >= 0.6 is 11.6 Å². The number of nitrogens with zero attached hydrogens (tertiary/aromatic N) is 3. The number of hydrogen-bond donors (Lipinski definition) is 0. The molecule has 46 heavy (non-hydrogen) atoms. The number of anilines is 1. The first-order chi connectivity index (χ1) is 21.1. The van der Waals surface area contributed by atoms with Crippen molar-refractivity contribution in [2.45, 2.75) is 73.8 Å². The summed E-state index contributed by atoms with van der Waals surface area (Å²) in [7, 11) is 1.71. The summed E-state index contributed by atoms with van der Waals surface area (Å²) in [5, 5.41) is 0.453. The van der Waals surface area contributed by atoms with Gasteiger partial charge in [0.15, 0.2) is 0 Å². The summed E-state index contributed by atoms with van der Waals surface area (Å²) in [5.41, 5.74) is 6.21. The first-order valence-corrected chi connectivity index (χ1v) is 16.0. The minimum Gasteiger partial charge on any atom is -0.385 e. The Morgan fingerprint density at radius 1 is 1.07 bits per heavy atom. The predicted octanol–water partition coefficient (Wildman–Crippen LogP) is 9.27. The molecule has 8 heteroatoms. The van der Waals surface area contributed by atoms with Gasteiger partial charge in [-0.25, -0.2) is 9.37 Å². The number of pyridine rings is 1. The fourth-order valence-corrected chi connectivity index (χ4v) is 4.80. The number of methoxy groups -OCH3 is 1. The van der Waals surface area contributed by atoms with Gasteiger partial charge in [-0.2, -0.15) is 6.92 Å². The average molecular weight is 877 g/mol. The quantitative estimate of drug-likeness (QED) is 0.135. The van der Waals surface area contributed by atoms with Gasteiger partial charge in [0, 0.05) is 93.0 Å². The molecule has 0 N–H and O–H groups in total. The third-order valence-corrected chi connectivity index (χ3v) is 7.60. The van der Waals surface area contributed by atoms with Crippen molar-refractivity contribution in [3.05, 3.63) is 112 Å². The van der Waals surface area contributed by atoms with Crippen LogP contribution in [0.3, 0.4) is 0 Å². The van der Waals surface area contributed by atoms with Crippen molar-refractivity contribution in [3.63, 3.8) is 0 Å². The molecule has 1 saturated heterocycles. The molecular weight excluding hydrogens is 823 g/mol. The van der Waals surface area contributed by atoms with E-state index >= 15 is 0 Å². The molecule has 5 nitrogen and oxygen atoms in total. The molecule has 252 valence electrons. The number of ether oxygens (including phenoxy) is 1.